The number of aliphatic imine (C=N–C) groups is 1. The average molecular weight is 409 g/mol. The summed E-state index contributed by atoms with van der Waals surface area (Å²) in [4.78, 5) is 32.4. The molecule has 2 amide bonds. The van der Waals surface area contributed by atoms with Gasteiger partial charge in [0.1, 0.15) is 5.71 Å². The van der Waals surface area contributed by atoms with Crippen LogP contribution in [-0.4, -0.2) is 27.6 Å². The molecule has 1 aliphatic heterocycles. The lowest BCUT2D eigenvalue weighted by Gasteiger charge is -2.02. The number of para-hydroxylation sites is 3. The number of H-pyrrole nitrogens is 1. The zero-order valence-corrected chi connectivity index (χ0v) is 16.0. The molecule has 0 fully saturated rings. The molecule has 1 aromatic heterocycles. The number of azo groups is 1. The number of carbonyl (C=O) groups excluding carboxylic acids is 2. The number of aromatic nitrogens is 1. The number of hydrogen-bond acceptors (Lipinski definition) is 5. The van der Waals surface area contributed by atoms with Crippen molar-refractivity contribution >= 4 is 45.5 Å². The molecule has 0 atom stereocenters. The molecule has 4 aromatic rings. The van der Waals surface area contributed by atoms with Gasteiger partial charge in [-0.2, -0.15) is 0 Å². The van der Waals surface area contributed by atoms with Crippen LogP contribution >= 0.6 is 0 Å². The molecule has 0 radical (unpaired) electrons. The molecule has 31 heavy (non-hydrogen) atoms. The number of amides is 2. The molecule has 8 nitrogen and oxygen atoms in total. The molecule has 1 aliphatic rings. The molecule has 0 spiro atoms. The van der Waals surface area contributed by atoms with Crippen LogP contribution in [0.4, 0.5) is 17.1 Å². The summed E-state index contributed by atoms with van der Waals surface area (Å²) in [6, 6.07) is 21.0. The van der Waals surface area contributed by atoms with Gasteiger partial charge in [-0.15, -0.1) is 10.2 Å². The van der Waals surface area contributed by atoms with Gasteiger partial charge in [-0.05, 0) is 24.3 Å². The number of aromatic amines is 1. The van der Waals surface area contributed by atoms with E-state index in [2.05, 4.69) is 25.5 Å². The van der Waals surface area contributed by atoms with Gasteiger partial charge in [0, 0.05) is 10.9 Å². The second-order valence-electron chi connectivity index (χ2n) is 6.85. The Balaban J connectivity index is 1.51. The van der Waals surface area contributed by atoms with Crippen molar-refractivity contribution in [2.24, 2.45) is 15.2 Å². The topological polar surface area (TPSA) is 119 Å². The van der Waals surface area contributed by atoms with E-state index >= 15 is 0 Å². The summed E-state index contributed by atoms with van der Waals surface area (Å²) < 4.78 is 0. The van der Waals surface area contributed by atoms with Gasteiger partial charge in [-0.25, -0.2) is 4.99 Å². The molecule has 5 rings (SSSR count). The zero-order valence-electron chi connectivity index (χ0n) is 16.0. The second-order valence-corrected chi connectivity index (χ2v) is 6.85. The van der Waals surface area contributed by atoms with Crippen molar-refractivity contribution in [1.82, 2.24) is 4.98 Å². The quantitative estimate of drug-likeness (QED) is 0.419. The molecule has 2 heterocycles. The molecule has 3 N–H and O–H groups in total. The number of benzene rings is 3. The van der Waals surface area contributed by atoms with E-state index in [9.17, 15) is 14.7 Å². The van der Waals surface area contributed by atoms with E-state index in [1.165, 1.54) is 0 Å². The Morgan fingerprint density at radius 3 is 2.55 bits per heavy atom. The third-order valence-electron chi connectivity index (χ3n) is 4.91. The molecule has 0 saturated carbocycles. The number of rotatable bonds is 3. The van der Waals surface area contributed by atoms with E-state index in [0.717, 1.165) is 0 Å². The van der Waals surface area contributed by atoms with Crippen LogP contribution in [0.3, 0.4) is 0 Å². The summed E-state index contributed by atoms with van der Waals surface area (Å²) in [7, 11) is 0. The van der Waals surface area contributed by atoms with Crippen LogP contribution in [0.5, 0.6) is 5.88 Å². The summed E-state index contributed by atoms with van der Waals surface area (Å²) >= 11 is 0. The fourth-order valence-electron chi connectivity index (χ4n) is 3.45. The lowest BCUT2D eigenvalue weighted by molar-refractivity contribution is -0.110. The molecular weight excluding hydrogens is 394 g/mol. The molecule has 0 bridgehead atoms. The van der Waals surface area contributed by atoms with E-state index in [4.69, 9.17) is 0 Å². The first kappa shape index (κ1) is 18.4. The number of hydrogen-bond donors (Lipinski definition) is 3. The van der Waals surface area contributed by atoms with Gasteiger partial charge in [0.15, 0.2) is 5.69 Å². The molecule has 0 unspecified atom stereocenters. The van der Waals surface area contributed by atoms with Crippen LogP contribution in [-0.2, 0) is 4.79 Å². The van der Waals surface area contributed by atoms with Gasteiger partial charge in [0.05, 0.1) is 22.5 Å². The van der Waals surface area contributed by atoms with Crippen molar-refractivity contribution in [2.75, 3.05) is 5.32 Å². The van der Waals surface area contributed by atoms with E-state index in [-0.39, 0.29) is 28.7 Å². The Morgan fingerprint density at radius 2 is 1.65 bits per heavy atom. The van der Waals surface area contributed by atoms with E-state index in [1.54, 1.807) is 54.6 Å². The van der Waals surface area contributed by atoms with Crippen LogP contribution in [0.2, 0.25) is 0 Å². The van der Waals surface area contributed by atoms with Gasteiger partial charge < -0.3 is 15.4 Å². The van der Waals surface area contributed by atoms with Gasteiger partial charge >= 0.3 is 0 Å². The maximum Gasteiger partial charge on any atom is 0.297 e. The second kappa shape index (κ2) is 7.34. The predicted molar refractivity (Wildman–Crippen MR) is 117 cm³/mol. The van der Waals surface area contributed by atoms with Crippen molar-refractivity contribution in [1.29, 1.82) is 0 Å². The largest absolute Gasteiger partial charge is 0.493 e. The molecule has 8 heteroatoms. The lowest BCUT2D eigenvalue weighted by Crippen LogP contribution is -2.14. The minimum atomic E-state index is -0.642. The Kier molecular flexibility index (Phi) is 4.37. The molecule has 3 aromatic carbocycles. The molecule has 0 saturated heterocycles. The predicted octanol–water partition coefficient (Wildman–Crippen LogP) is 4.87. The van der Waals surface area contributed by atoms with E-state index < -0.39 is 5.91 Å². The zero-order chi connectivity index (χ0) is 21.4. The Hall–Kier alpha value is -4.59. The Morgan fingerprint density at radius 1 is 0.903 bits per heavy atom. The van der Waals surface area contributed by atoms with E-state index in [1.807, 2.05) is 18.2 Å². The normalized spacial score (nSPS) is 14.3. The molecular formula is C23H15N5O3. The minimum Gasteiger partial charge on any atom is -0.493 e. The van der Waals surface area contributed by atoms with Crippen LogP contribution in [0.15, 0.2) is 88.0 Å². The third kappa shape index (κ3) is 3.25. The number of nitrogens with zero attached hydrogens (tertiary/aromatic N) is 3. The highest BCUT2D eigenvalue weighted by Gasteiger charge is 2.26. The van der Waals surface area contributed by atoms with Crippen molar-refractivity contribution < 1.29 is 14.7 Å². The summed E-state index contributed by atoms with van der Waals surface area (Å²) in [5.74, 6) is -1.16. The summed E-state index contributed by atoms with van der Waals surface area (Å²) in [5.41, 5.74) is 2.91. The SMILES string of the molecule is O=C1Nc2ccccc2C1=Nc1ccccc1C(=O)N=Nc1c(O)[nH]c2ccccc12. The lowest BCUT2D eigenvalue weighted by atomic mass is 10.1. The van der Waals surface area contributed by atoms with Crippen molar-refractivity contribution in [3.05, 3.63) is 83.9 Å². The maximum atomic E-state index is 12.8. The number of fused-ring (bicyclic) bond motifs is 2. The van der Waals surface area contributed by atoms with Crippen molar-refractivity contribution in [3.8, 4) is 5.88 Å². The average Bonchev–Trinajstić information content (AvgIpc) is 3.28. The monoisotopic (exact) mass is 409 g/mol. The molecule has 0 aliphatic carbocycles. The number of anilines is 1. The minimum absolute atomic E-state index is 0.175. The first-order valence-electron chi connectivity index (χ1n) is 9.46. The number of aromatic hydroxyl groups is 1. The van der Waals surface area contributed by atoms with E-state index in [0.29, 0.717) is 27.8 Å². The smallest absolute Gasteiger partial charge is 0.297 e. The molecule has 150 valence electrons. The van der Waals surface area contributed by atoms with Crippen molar-refractivity contribution in [3.63, 3.8) is 0 Å². The van der Waals surface area contributed by atoms with Crippen molar-refractivity contribution in [2.45, 2.75) is 0 Å². The van der Waals surface area contributed by atoms with Gasteiger partial charge in [-0.3, -0.25) is 9.59 Å². The van der Waals surface area contributed by atoms with Gasteiger partial charge in [0.25, 0.3) is 11.8 Å². The van der Waals surface area contributed by atoms with Gasteiger partial charge in [-0.1, -0.05) is 48.5 Å². The first-order chi connectivity index (χ1) is 15.1. The standard InChI is InChI=1S/C23H15N5O3/c29-21(28-27-20-14-8-2-5-11-17(14)26-23(20)31)15-9-3-6-12-18(15)24-19-13-7-1-4-10-16(13)25-22(19)30/h1-12,26,31H,(H,24,25,30). The van der Waals surface area contributed by atoms with Crippen LogP contribution in [0.25, 0.3) is 10.9 Å². The highest BCUT2D eigenvalue weighted by Crippen LogP contribution is 2.35. The highest BCUT2D eigenvalue weighted by molar-refractivity contribution is 6.54. The number of nitrogens with one attached hydrogen (secondary N) is 2. The van der Waals surface area contributed by atoms with Gasteiger partial charge in [0.2, 0.25) is 5.88 Å². The fraction of sp³-hybridized carbons (Fsp3) is 0. The summed E-state index contributed by atoms with van der Waals surface area (Å²) in [6.07, 6.45) is 0. The maximum absolute atomic E-state index is 12.8. The van der Waals surface area contributed by atoms with Crippen LogP contribution < -0.4 is 5.32 Å². The van der Waals surface area contributed by atoms with Crippen LogP contribution in [0.1, 0.15) is 15.9 Å². The third-order valence-corrected chi connectivity index (χ3v) is 4.91. The number of carbonyl (C=O) groups is 2. The first-order valence-corrected chi connectivity index (χ1v) is 9.46. The highest BCUT2D eigenvalue weighted by atomic mass is 16.3. The fourth-order valence-corrected chi connectivity index (χ4v) is 3.45. The Bertz CT molecular complexity index is 1420. The Labute approximate surface area is 176 Å². The van der Waals surface area contributed by atoms with Crippen LogP contribution in [0, 0.1) is 0 Å². The summed E-state index contributed by atoms with van der Waals surface area (Å²) in [6.45, 7) is 0. The summed E-state index contributed by atoms with van der Waals surface area (Å²) in [5, 5.41) is 21.2.